The molecule has 0 bridgehead atoms. The first kappa shape index (κ1) is 16.4. The van der Waals surface area contributed by atoms with Crippen LogP contribution in [-0.4, -0.2) is 26.9 Å². The molecule has 6 nitrogen and oxygen atoms in total. The molecule has 1 aromatic carbocycles. The van der Waals surface area contributed by atoms with Gasteiger partial charge in [-0.3, -0.25) is 4.79 Å². The summed E-state index contributed by atoms with van der Waals surface area (Å²) in [6, 6.07) is 7.64. The molecule has 2 aromatic rings. The minimum Gasteiger partial charge on any atom is -0.381 e. The van der Waals surface area contributed by atoms with Crippen molar-refractivity contribution < 1.29 is 4.79 Å². The van der Waals surface area contributed by atoms with E-state index in [2.05, 4.69) is 22.6 Å². The van der Waals surface area contributed by atoms with E-state index in [0.29, 0.717) is 40.2 Å². The summed E-state index contributed by atoms with van der Waals surface area (Å²) in [6.07, 6.45) is 4.93. The highest BCUT2D eigenvalue weighted by Gasteiger charge is 2.59. The summed E-state index contributed by atoms with van der Waals surface area (Å²) < 4.78 is 1.89. The number of nitrogens with two attached hydrogens (primary N) is 1. The van der Waals surface area contributed by atoms with Gasteiger partial charge in [-0.1, -0.05) is 23.7 Å². The lowest BCUT2D eigenvalue weighted by atomic mass is 9.99. The fourth-order valence-electron chi connectivity index (χ4n) is 4.47. The molecule has 2 fully saturated rings. The van der Waals surface area contributed by atoms with Gasteiger partial charge in [-0.25, -0.2) is 4.68 Å². The highest BCUT2D eigenvalue weighted by molar-refractivity contribution is 6.30. The van der Waals surface area contributed by atoms with E-state index in [-0.39, 0.29) is 11.9 Å². The number of amides is 1. The lowest BCUT2D eigenvalue weighted by molar-refractivity contribution is 0.0926. The minimum atomic E-state index is -0.0194. The van der Waals surface area contributed by atoms with E-state index in [4.69, 9.17) is 17.3 Å². The van der Waals surface area contributed by atoms with Gasteiger partial charge in [0.25, 0.3) is 5.91 Å². The van der Waals surface area contributed by atoms with Gasteiger partial charge in [-0.15, -0.1) is 5.10 Å². The maximum Gasteiger partial charge on any atom is 0.251 e. The molecule has 0 aliphatic heterocycles. The number of hydrogen-bond donors (Lipinski definition) is 2. The molecule has 7 heteroatoms. The molecule has 2 aliphatic rings. The zero-order valence-electron chi connectivity index (χ0n) is 14.1. The fraction of sp³-hybridized carbons (Fsp3) is 0.500. The van der Waals surface area contributed by atoms with Crippen molar-refractivity contribution >= 4 is 23.3 Å². The van der Waals surface area contributed by atoms with Crippen LogP contribution in [0.25, 0.3) is 0 Å². The third kappa shape index (κ3) is 3.11. The van der Waals surface area contributed by atoms with Gasteiger partial charge in [0.15, 0.2) is 5.82 Å². The van der Waals surface area contributed by atoms with Gasteiger partial charge >= 0.3 is 0 Å². The number of anilines is 1. The average Bonchev–Trinajstić information content (AvgIpc) is 2.95. The Bertz CT molecular complexity index is 762. The van der Waals surface area contributed by atoms with Gasteiger partial charge in [0, 0.05) is 16.6 Å². The summed E-state index contributed by atoms with van der Waals surface area (Å²) in [7, 11) is 0. The summed E-state index contributed by atoms with van der Waals surface area (Å²) in [5.74, 6) is 2.34. The van der Waals surface area contributed by atoms with Gasteiger partial charge in [0.2, 0.25) is 0 Å². The lowest BCUT2D eigenvalue weighted by Gasteiger charge is -2.21. The number of benzene rings is 1. The number of carbonyl (C=O) groups excluding carboxylic acids is 1. The van der Waals surface area contributed by atoms with Crippen LogP contribution in [0, 0.1) is 17.8 Å². The Morgan fingerprint density at radius 3 is 2.60 bits per heavy atom. The molecule has 0 saturated heterocycles. The van der Waals surface area contributed by atoms with Gasteiger partial charge in [-0.05, 0) is 61.3 Å². The number of aromatic nitrogens is 3. The third-order valence-electron chi connectivity index (χ3n) is 5.72. The number of carbonyl (C=O) groups is 1. The fourth-order valence-corrected chi connectivity index (χ4v) is 4.59. The summed E-state index contributed by atoms with van der Waals surface area (Å²) in [4.78, 5) is 12.5. The highest BCUT2D eigenvalue weighted by atomic mass is 35.5. The standard InChI is InChI=1S/C18H22ClN5O/c1-2-15(21-18(25)10-3-5-11(19)6-4-10)17-13-7-12(8-14(13)17)24-9-16(20)22-23-24/h3-6,9,12-15,17H,2,7-8,20H2,1H3,(H,21,25)/t12?,13-,14+,15?,17?. The Morgan fingerprint density at radius 2 is 2.04 bits per heavy atom. The van der Waals surface area contributed by atoms with Crippen molar-refractivity contribution in [1.82, 2.24) is 20.3 Å². The summed E-state index contributed by atoms with van der Waals surface area (Å²) in [5.41, 5.74) is 6.32. The molecule has 1 aromatic heterocycles. The van der Waals surface area contributed by atoms with Crippen LogP contribution >= 0.6 is 11.6 Å². The van der Waals surface area contributed by atoms with Crippen LogP contribution in [0.15, 0.2) is 30.5 Å². The predicted molar refractivity (Wildman–Crippen MR) is 96.2 cm³/mol. The molecule has 4 rings (SSSR count). The largest absolute Gasteiger partial charge is 0.381 e. The van der Waals surface area contributed by atoms with E-state index in [9.17, 15) is 4.79 Å². The zero-order chi connectivity index (χ0) is 17.6. The molecular formula is C18H22ClN5O. The van der Waals surface area contributed by atoms with E-state index in [1.807, 2.05) is 10.9 Å². The Labute approximate surface area is 151 Å². The number of halogens is 1. The number of rotatable bonds is 5. The third-order valence-corrected chi connectivity index (χ3v) is 5.97. The monoisotopic (exact) mass is 359 g/mol. The molecule has 2 aliphatic carbocycles. The highest BCUT2D eigenvalue weighted by Crippen LogP contribution is 2.62. The van der Waals surface area contributed by atoms with Gasteiger partial charge < -0.3 is 11.1 Å². The van der Waals surface area contributed by atoms with Crippen LogP contribution in [0.5, 0.6) is 0 Å². The minimum absolute atomic E-state index is 0.0194. The Balaban J connectivity index is 1.36. The summed E-state index contributed by atoms with van der Waals surface area (Å²) in [5, 5.41) is 11.8. The van der Waals surface area contributed by atoms with E-state index in [0.717, 1.165) is 19.3 Å². The smallest absolute Gasteiger partial charge is 0.251 e. The number of nitrogens with one attached hydrogen (secondary N) is 1. The summed E-state index contributed by atoms with van der Waals surface area (Å²) >= 11 is 5.89. The van der Waals surface area contributed by atoms with Crippen molar-refractivity contribution in [2.24, 2.45) is 17.8 Å². The SMILES string of the molecule is CCC(NC(=O)c1ccc(Cl)cc1)C1[C@H]2CC(n3cc(N)nn3)C[C@@H]12. The zero-order valence-corrected chi connectivity index (χ0v) is 14.9. The van der Waals surface area contributed by atoms with Crippen LogP contribution in [-0.2, 0) is 0 Å². The van der Waals surface area contributed by atoms with Crippen LogP contribution in [0.4, 0.5) is 5.82 Å². The molecule has 1 amide bonds. The number of fused-ring (bicyclic) bond motifs is 1. The number of hydrogen-bond acceptors (Lipinski definition) is 4. The van der Waals surface area contributed by atoms with E-state index >= 15 is 0 Å². The maximum atomic E-state index is 12.5. The van der Waals surface area contributed by atoms with Gasteiger partial charge in [0.1, 0.15) is 0 Å². The van der Waals surface area contributed by atoms with Crippen molar-refractivity contribution in [3.05, 3.63) is 41.0 Å². The second-order valence-electron chi connectivity index (χ2n) is 7.15. The Kier molecular flexibility index (Phi) is 4.15. The average molecular weight is 360 g/mol. The Hall–Kier alpha value is -2.08. The molecule has 3 N–H and O–H groups in total. The number of nitrogen functional groups attached to an aromatic ring is 1. The maximum absolute atomic E-state index is 12.5. The lowest BCUT2D eigenvalue weighted by Crippen LogP contribution is -2.37. The van der Waals surface area contributed by atoms with E-state index in [1.165, 1.54) is 0 Å². The molecule has 5 atom stereocenters. The van der Waals surface area contributed by atoms with Crippen LogP contribution in [0.2, 0.25) is 5.02 Å². The first-order chi connectivity index (χ1) is 12.1. The molecule has 3 unspecified atom stereocenters. The number of nitrogens with zero attached hydrogens (tertiary/aromatic N) is 3. The molecule has 0 spiro atoms. The summed E-state index contributed by atoms with van der Waals surface area (Å²) in [6.45, 7) is 2.14. The molecular weight excluding hydrogens is 338 g/mol. The van der Waals surface area contributed by atoms with E-state index < -0.39 is 0 Å². The van der Waals surface area contributed by atoms with Crippen LogP contribution < -0.4 is 11.1 Å². The topological polar surface area (TPSA) is 85.8 Å². The van der Waals surface area contributed by atoms with Crippen molar-refractivity contribution in [3.63, 3.8) is 0 Å². The first-order valence-corrected chi connectivity index (χ1v) is 9.18. The quantitative estimate of drug-likeness (QED) is 0.859. The van der Waals surface area contributed by atoms with Crippen molar-refractivity contribution in [2.75, 3.05) is 5.73 Å². The second-order valence-corrected chi connectivity index (χ2v) is 7.59. The molecule has 2 saturated carbocycles. The normalized spacial score (nSPS) is 28.4. The first-order valence-electron chi connectivity index (χ1n) is 8.80. The van der Waals surface area contributed by atoms with Gasteiger partial charge in [-0.2, -0.15) is 0 Å². The van der Waals surface area contributed by atoms with Gasteiger partial charge in [0.05, 0.1) is 12.2 Å². The van der Waals surface area contributed by atoms with Crippen molar-refractivity contribution in [2.45, 2.75) is 38.3 Å². The van der Waals surface area contributed by atoms with Crippen molar-refractivity contribution in [3.8, 4) is 0 Å². The second kappa shape index (κ2) is 6.33. The molecule has 0 radical (unpaired) electrons. The molecule has 1 heterocycles. The Morgan fingerprint density at radius 1 is 1.36 bits per heavy atom. The molecule has 132 valence electrons. The van der Waals surface area contributed by atoms with Crippen LogP contribution in [0.3, 0.4) is 0 Å². The van der Waals surface area contributed by atoms with Crippen LogP contribution in [0.1, 0.15) is 42.6 Å². The predicted octanol–water partition coefficient (Wildman–Crippen LogP) is 2.92. The molecule has 25 heavy (non-hydrogen) atoms. The van der Waals surface area contributed by atoms with Crippen molar-refractivity contribution in [1.29, 1.82) is 0 Å². The van der Waals surface area contributed by atoms with E-state index in [1.54, 1.807) is 24.3 Å².